The lowest BCUT2D eigenvalue weighted by Gasteiger charge is -2.42. The van der Waals surface area contributed by atoms with Crippen LogP contribution in [0.3, 0.4) is 0 Å². The maximum Gasteiger partial charge on any atom is 0.270 e. The van der Waals surface area contributed by atoms with Crippen molar-refractivity contribution in [3.63, 3.8) is 0 Å². The number of benzene rings is 3. The molecule has 6 rings (SSSR count). The van der Waals surface area contributed by atoms with Crippen molar-refractivity contribution in [1.29, 1.82) is 0 Å². The first kappa shape index (κ1) is 28.6. The lowest BCUT2D eigenvalue weighted by molar-refractivity contribution is 0.0509. The normalized spacial score (nSPS) is 15.6. The molecule has 0 unspecified atom stereocenters. The van der Waals surface area contributed by atoms with Crippen molar-refractivity contribution in [2.75, 3.05) is 39.3 Å². The van der Waals surface area contributed by atoms with E-state index in [1.165, 1.54) is 0 Å². The molecule has 2 aliphatic heterocycles. The van der Waals surface area contributed by atoms with Crippen LogP contribution in [0.2, 0.25) is 0 Å². The van der Waals surface area contributed by atoms with Crippen LogP contribution in [0.25, 0.3) is 11.1 Å². The molecule has 0 atom stereocenters. The molecule has 2 aliphatic rings. The molecule has 1 fully saturated rings. The minimum absolute atomic E-state index is 0.00535. The highest BCUT2D eigenvalue weighted by molar-refractivity contribution is 6.07. The summed E-state index contributed by atoms with van der Waals surface area (Å²) in [5.41, 5.74) is 5.51. The van der Waals surface area contributed by atoms with Crippen molar-refractivity contribution >= 4 is 17.5 Å². The lowest BCUT2D eigenvalue weighted by atomic mass is 9.88. The minimum atomic E-state index is -0.201. The van der Waals surface area contributed by atoms with Crippen LogP contribution in [0, 0.1) is 0 Å². The molecule has 8 heteroatoms. The molecular weight excluding hydrogens is 540 g/mol. The molecule has 0 saturated carbocycles. The molecule has 1 aromatic heterocycles. The SMILES string of the molecule is COc1cccc(-c2ccc(C(=O)N3Cc4ccc(C(=O)N(C)C5(C)CCNCC5)n4Cc4ccccc43)cc2OC)c1. The molecule has 222 valence electrons. The number of hydrogen-bond acceptors (Lipinski definition) is 5. The molecular formula is C35H38N4O4. The van der Waals surface area contributed by atoms with Crippen molar-refractivity contribution in [2.24, 2.45) is 0 Å². The molecule has 8 nitrogen and oxygen atoms in total. The molecule has 3 heterocycles. The first-order valence-corrected chi connectivity index (χ1v) is 14.7. The Morgan fingerprint density at radius 3 is 2.44 bits per heavy atom. The maximum absolute atomic E-state index is 14.2. The number of fused-ring (bicyclic) bond motifs is 2. The number of carbonyl (C=O) groups is 2. The van der Waals surface area contributed by atoms with E-state index < -0.39 is 0 Å². The molecule has 3 aromatic carbocycles. The number of ether oxygens (including phenoxy) is 2. The van der Waals surface area contributed by atoms with Gasteiger partial charge >= 0.3 is 0 Å². The van der Waals surface area contributed by atoms with Gasteiger partial charge in [-0.3, -0.25) is 9.59 Å². The van der Waals surface area contributed by atoms with Gasteiger partial charge in [0.15, 0.2) is 0 Å². The van der Waals surface area contributed by atoms with Gasteiger partial charge in [-0.05, 0) is 92.5 Å². The Labute approximate surface area is 252 Å². The van der Waals surface area contributed by atoms with Gasteiger partial charge in [-0.1, -0.05) is 30.3 Å². The van der Waals surface area contributed by atoms with Gasteiger partial charge in [0.1, 0.15) is 17.2 Å². The van der Waals surface area contributed by atoms with E-state index in [4.69, 9.17) is 9.47 Å². The van der Waals surface area contributed by atoms with E-state index in [1.807, 2.05) is 84.7 Å². The summed E-state index contributed by atoms with van der Waals surface area (Å²) in [5.74, 6) is 1.22. The van der Waals surface area contributed by atoms with Gasteiger partial charge in [0.25, 0.3) is 11.8 Å². The number of nitrogens with one attached hydrogen (secondary N) is 1. The van der Waals surface area contributed by atoms with Crippen molar-refractivity contribution < 1.29 is 19.1 Å². The van der Waals surface area contributed by atoms with E-state index in [1.54, 1.807) is 25.2 Å². The van der Waals surface area contributed by atoms with Gasteiger partial charge in [-0.25, -0.2) is 0 Å². The first-order valence-electron chi connectivity index (χ1n) is 14.7. The predicted molar refractivity (Wildman–Crippen MR) is 168 cm³/mol. The molecule has 0 aliphatic carbocycles. The zero-order valence-corrected chi connectivity index (χ0v) is 25.2. The second kappa shape index (κ2) is 11.6. The first-order chi connectivity index (χ1) is 20.8. The lowest BCUT2D eigenvalue weighted by Crippen LogP contribution is -2.53. The van der Waals surface area contributed by atoms with E-state index in [2.05, 4.69) is 16.8 Å². The Balaban J connectivity index is 1.34. The molecule has 43 heavy (non-hydrogen) atoms. The fourth-order valence-corrected chi connectivity index (χ4v) is 6.25. The molecule has 0 spiro atoms. The number of nitrogens with zero attached hydrogens (tertiary/aromatic N) is 3. The largest absolute Gasteiger partial charge is 0.497 e. The third kappa shape index (κ3) is 5.27. The van der Waals surface area contributed by atoms with Crippen LogP contribution in [-0.4, -0.2) is 61.2 Å². The summed E-state index contributed by atoms with van der Waals surface area (Å²) in [7, 11) is 5.16. The van der Waals surface area contributed by atoms with Crippen LogP contribution in [0.5, 0.6) is 11.5 Å². The number of carbonyl (C=O) groups excluding carboxylic acids is 2. The summed E-state index contributed by atoms with van der Waals surface area (Å²) in [5, 5.41) is 3.40. The Morgan fingerprint density at radius 2 is 1.67 bits per heavy atom. The van der Waals surface area contributed by atoms with E-state index >= 15 is 0 Å². The van der Waals surface area contributed by atoms with Crippen LogP contribution < -0.4 is 19.7 Å². The number of para-hydroxylation sites is 1. The van der Waals surface area contributed by atoms with Crippen molar-refractivity contribution in [3.8, 4) is 22.6 Å². The monoisotopic (exact) mass is 578 g/mol. The van der Waals surface area contributed by atoms with Crippen LogP contribution in [0.1, 0.15) is 51.9 Å². The summed E-state index contributed by atoms with van der Waals surface area (Å²) in [6.07, 6.45) is 1.82. The third-order valence-corrected chi connectivity index (χ3v) is 9.09. The quantitative estimate of drug-likeness (QED) is 0.323. The Kier molecular flexibility index (Phi) is 7.71. The molecule has 1 saturated heterocycles. The number of rotatable bonds is 6. The average Bonchev–Trinajstić information content (AvgIpc) is 3.36. The second-order valence-corrected chi connectivity index (χ2v) is 11.6. The zero-order valence-electron chi connectivity index (χ0n) is 25.2. The summed E-state index contributed by atoms with van der Waals surface area (Å²) < 4.78 is 13.2. The second-order valence-electron chi connectivity index (χ2n) is 11.6. The van der Waals surface area contributed by atoms with E-state index in [9.17, 15) is 9.59 Å². The van der Waals surface area contributed by atoms with Gasteiger partial charge in [-0.15, -0.1) is 0 Å². The van der Waals surface area contributed by atoms with E-state index in [0.29, 0.717) is 30.1 Å². The molecule has 1 N–H and O–H groups in total. The van der Waals surface area contributed by atoms with Crippen LogP contribution >= 0.6 is 0 Å². The van der Waals surface area contributed by atoms with Crippen molar-refractivity contribution in [1.82, 2.24) is 14.8 Å². The summed E-state index contributed by atoms with van der Waals surface area (Å²) >= 11 is 0. The van der Waals surface area contributed by atoms with Crippen LogP contribution in [0.15, 0.2) is 78.9 Å². The van der Waals surface area contributed by atoms with Gasteiger partial charge in [0.2, 0.25) is 0 Å². The fraction of sp³-hybridized carbons (Fsp3) is 0.314. The van der Waals surface area contributed by atoms with Gasteiger partial charge in [0.05, 0.1) is 27.3 Å². The number of amides is 2. The van der Waals surface area contributed by atoms with E-state index in [-0.39, 0.29) is 17.4 Å². The summed E-state index contributed by atoms with van der Waals surface area (Å²) in [4.78, 5) is 31.8. The Morgan fingerprint density at radius 1 is 0.884 bits per heavy atom. The van der Waals surface area contributed by atoms with Gasteiger partial charge in [0, 0.05) is 35.1 Å². The van der Waals surface area contributed by atoms with Crippen molar-refractivity contribution in [2.45, 2.75) is 38.4 Å². The van der Waals surface area contributed by atoms with Crippen molar-refractivity contribution in [3.05, 3.63) is 101 Å². The highest BCUT2D eigenvalue weighted by Gasteiger charge is 2.36. The maximum atomic E-state index is 14.2. The van der Waals surface area contributed by atoms with Gasteiger partial charge < -0.3 is 29.2 Å². The third-order valence-electron chi connectivity index (χ3n) is 9.09. The molecule has 0 radical (unpaired) electrons. The fourth-order valence-electron chi connectivity index (χ4n) is 6.25. The smallest absolute Gasteiger partial charge is 0.270 e. The summed E-state index contributed by atoms with van der Waals surface area (Å²) in [6.45, 7) is 4.81. The Hall–Kier alpha value is -4.56. The highest BCUT2D eigenvalue weighted by Crippen LogP contribution is 2.36. The summed E-state index contributed by atoms with van der Waals surface area (Å²) in [6, 6.07) is 25.1. The number of methoxy groups -OCH3 is 2. The number of hydrogen-bond donors (Lipinski definition) is 1. The minimum Gasteiger partial charge on any atom is -0.497 e. The number of aromatic nitrogens is 1. The highest BCUT2D eigenvalue weighted by atomic mass is 16.5. The zero-order chi connectivity index (χ0) is 30.1. The van der Waals surface area contributed by atoms with Crippen LogP contribution in [-0.2, 0) is 13.1 Å². The molecule has 4 aromatic rings. The standard InChI is InChI=1S/C35H38N4O4/c1-35(16-18-36-19-17-35)37(2)34(41)31-15-13-27-23-39(30-11-6-5-8-26(30)22-38(27)31)33(40)25-12-14-29(32(21-25)43-4)24-9-7-10-28(20-24)42-3/h5-15,20-21,36H,16-19,22-23H2,1-4H3. The number of anilines is 1. The Bertz CT molecular complexity index is 1670. The molecule has 2 amide bonds. The van der Waals surface area contributed by atoms with E-state index in [0.717, 1.165) is 59.8 Å². The average molecular weight is 579 g/mol. The topological polar surface area (TPSA) is 76.0 Å². The van der Waals surface area contributed by atoms with Gasteiger partial charge in [-0.2, -0.15) is 0 Å². The predicted octanol–water partition coefficient (Wildman–Crippen LogP) is 5.60. The molecule has 0 bridgehead atoms. The number of piperidine rings is 1. The van der Waals surface area contributed by atoms with Crippen LogP contribution in [0.4, 0.5) is 5.69 Å².